The molecule has 0 aromatic heterocycles. The molecule has 0 unspecified atom stereocenters. The lowest BCUT2D eigenvalue weighted by molar-refractivity contribution is -0.141. The molecule has 0 aliphatic rings. The zero-order valence-corrected chi connectivity index (χ0v) is 14.0. The predicted octanol–water partition coefficient (Wildman–Crippen LogP) is 4.03. The molecule has 2 rings (SSSR count). The van der Waals surface area contributed by atoms with E-state index in [9.17, 15) is 9.59 Å². The Morgan fingerprint density at radius 1 is 0.840 bits per heavy atom. The van der Waals surface area contributed by atoms with E-state index < -0.39 is 11.9 Å². The third-order valence-corrected chi connectivity index (χ3v) is 3.09. The molecule has 5 nitrogen and oxygen atoms in total. The van der Waals surface area contributed by atoms with E-state index in [1.165, 1.54) is 0 Å². The van der Waals surface area contributed by atoms with Crippen LogP contribution >= 0.6 is 0 Å². The Kier molecular flexibility index (Phi) is 7.25. The van der Waals surface area contributed by atoms with Crippen molar-refractivity contribution in [1.29, 1.82) is 0 Å². The molecule has 25 heavy (non-hydrogen) atoms. The first kappa shape index (κ1) is 18.3. The zero-order valence-electron chi connectivity index (χ0n) is 14.0. The highest BCUT2D eigenvalue weighted by atomic mass is 16.5. The summed E-state index contributed by atoms with van der Waals surface area (Å²) in [5, 5.41) is 0. The van der Waals surface area contributed by atoms with E-state index in [0.29, 0.717) is 12.4 Å². The maximum absolute atomic E-state index is 11.6. The van der Waals surface area contributed by atoms with Gasteiger partial charge in [-0.25, -0.2) is 9.59 Å². The lowest BCUT2D eigenvalue weighted by Gasteiger charge is -2.07. The Morgan fingerprint density at radius 2 is 1.44 bits per heavy atom. The Hall–Kier alpha value is -3.08. The number of rotatable bonds is 8. The van der Waals surface area contributed by atoms with E-state index >= 15 is 0 Å². The van der Waals surface area contributed by atoms with Gasteiger partial charge in [-0.05, 0) is 36.2 Å². The molecule has 0 radical (unpaired) electrons. The second-order valence-corrected chi connectivity index (χ2v) is 5.17. The van der Waals surface area contributed by atoms with Crippen molar-refractivity contribution >= 4 is 11.9 Å². The van der Waals surface area contributed by atoms with Gasteiger partial charge in [-0.15, -0.1) is 0 Å². The first-order valence-electron chi connectivity index (χ1n) is 8.01. The summed E-state index contributed by atoms with van der Waals surface area (Å²) >= 11 is 0. The van der Waals surface area contributed by atoms with Crippen LogP contribution in [-0.4, -0.2) is 18.5 Å². The van der Waals surface area contributed by atoms with Crippen LogP contribution in [0.15, 0.2) is 66.7 Å². The monoisotopic (exact) mass is 340 g/mol. The summed E-state index contributed by atoms with van der Waals surface area (Å²) < 4.78 is 15.6. The van der Waals surface area contributed by atoms with Gasteiger partial charge >= 0.3 is 11.9 Å². The van der Waals surface area contributed by atoms with Crippen LogP contribution in [-0.2, 0) is 25.7 Å². The number of carbonyl (C=O) groups is 2. The standard InChI is InChI=1S/C20H20O5/c1-2-14-23-19(21)12-13-20(22)24-15-16-8-10-18(11-9-16)25-17-6-4-3-5-7-17/h3-13H,2,14-15H2,1H3/b13-12+. The molecule has 2 aromatic rings. The Labute approximate surface area is 146 Å². The number of hydrogen-bond donors (Lipinski definition) is 0. The van der Waals surface area contributed by atoms with E-state index in [0.717, 1.165) is 29.9 Å². The van der Waals surface area contributed by atoms with Crippen LogP contribution in [0, 0.1) is 0 Å². The molecule has 5 heteroatoms. The minimum Gasteiger partial charge on any atom is -0.463 e. The van der Waals surface area contributed by atoms with Crippen LogP contribution < -0.4 is 4.74 Å². The maximum atomic E-state index is 11.6. The van der Waals surface area contributed by atoms with Crippen molar-refractivity contribution in [3.63, 3.8) is 0 Å². The second-order valence-electron chi connectivity index (χ2n) is 5.17. The SMILES string of the molecule is CCCOC(=O)/C=C/C(=O)OCc1ccc(Oc2ccccc2)cc1. The fraction of sp³-hybridized carbons (Fsp3) is 0.200. The quantitative estimate of drug-likeness (QED) is 0.536. The van der Waals surface area contributed by atoms with Crippen LogP contribution in [0.4, 0.5) is 0 Å². The number of para-hydroxylation sites is 1. The van der Waals surface area contributed by atoms with Gasteiger partial charge in [-0.2, -0.15) is 0 Å². The number of esters is 2. The molecule has 0 bridgehead atoms. The van der Waals surface area contributed by atoms with Crippen LogP contribution in [0.2, 0.25) is 0 Å². The zero-order chi connectivity index (χ0) is 17.9. The summed E-state index contributed by atoms with van der Waals surface area (Å²) in [5.74, 6) is 0.292. The molecule has 2 aromatic carbocycles. The van der Waals surface area contributed by atoms with Gasteiger partial charge in [-0.3, -0.25) is 0 Å². The molecule has 0 N–H and O–H groups in total. The van der Waals surface area contributed by atoms with Crippen molar-refractivity contribution in [2.24, 2.45) is 0 Å². The molecule has 0 aliphatic heterocycles. The lowest BCUT2D eigenvalue weighted by Crippen LogP contribution is -2.05. The first-order chi connectivity index (χ1) is 12.2. The van der Waals surface area contributed by atoms with Crippen molar-refractivity contribution < 1.29 is 23.8 Å². The van der Waals surface area contributed by atoms with Crippen LogP contribution in [0.1, 0.15) is 18.9 Å². The third kappa shape index (κ3) is 6.91. The number of benzene rings is 2. The van der Waals surface area contributed by atoms with Gasteiger partial charge < -0.3 is 14.2 Å². The predicted molar refractivity (Wildman–Crippen MR) is 93.1 cm³/mol. The van der Waals surface area contributed by atoms with Gasteiger partial charge in [0.15, 0.2) is 0 Å². The maximum Gasteiger partial charge on any atom is 0.331 e. The number of hydrogen-bond acceptors (Lipinski definition) is 5. The highest BCUT2D eigenvalue weighted by molar-refractivity contribution is 5.91. The summed E-state index contributed by atoms with van der Waals surface area (Å²) in [4.78, 5) is 22.8. The van der Waals surface area contributed by atoms with Crippen molar-refractivity contribution in [3.05, 3.63) is 72.3 Å². The fourth-order valence-corrected chi connectivity index (χ4v) is 1.87. The Balaban J connectivity index is 1.78. The summed E-state index contributed by atoms with van der Waals surface area (Å²) in [6.45, 7) is 2.33. The molecular weight excluding hydrogens is 320 g/mol. The molecule has 0 atom stereocenters. The Morgan fingerprint density at radius 3 is 2.08 bits per heavy atom. The second kappa shape index (κ2) is 9.93. The molecule has 0 saturated heterocycles. The van der Waals surface area contributed by atoms with Crippen LogP contribution in [0.25, 0.3) is 0 Å². The largest absolute Gasteiger partial charge is 0.463 e. The van der Waals surface area contributed by atoms with Gasteiger partial charge in [0.25, 0.3) is 0 Å². The molecule has 0 spiro atoms. The van der Waals surface area contributed by atoms with Crippen molar-refractivity contribution in [2.45, 2.75) is 20.0 Å². The smallest absolute Gasteiger partial charge is 0.331 e. The van der Waals surface area contributed by atoms with Gasteiger partial charge in [0.05, 0.1) is 6.61 Å². The van der Waals surface area contributed by atoms with E-state index in [-0.39, 0.29) is 6.61 Å². The minimum absolute atomic E-state index is 0.110. The number of ether oxygens (including phenoxy) is 3. The van der Waals surface area contributed by atoms with Gasteiger partial charge in [-0.1, -0.05) is 37.3 Å². The van der Waals surface area contributed by atoms with E-state index in [2.05, 4.69) is 0 Å². The average molecular weight is 340 g/mol. The van der Waals surface area contributed by atoms with Gasteiger partial charge in [0.2, 0.25) is 0 Å². The Bertz CT molecular complexity index is 705. The van der Waals surface area contributed by atoms with Crippen LogP contribution in [0.5, 0.6) is 11.5 Å². The number of carbonyl (C=O) groups excluding carboxylic acids is 2. The average Bonchev–Trinajstić information content (AvgIpc) is 2.65. The van der Waals surface area contributed by atoms with Crippen molar-refractivity contribution in [1.82, 2.24) is 0 Å². The van der Waals surface area contributed by atoms with E-state index in [1.807, 2.05) is 49.4 Å². The van der Waals surface area contributed by atoms with Crippen molar-refractivity contribution in [3.8, 4) is 11.5 Å². The highest BCUT2D eigenvalue weighted by Crippen LogP contribution is 2.21. The molecule has 0 fully saturated rings. The summed E-state index contributed by atoms with van der Waals surface area (Å²) in [6.07, 6.45) is 2.85. The first-order valence-corrected chi connectivity index (χ1v) is 8.01. The molecule has 0 saturated carbocycles. The summed E-state index contributed by atoms with van der Waals surface area (Å²) in [7, 11) is 0. The lowest BCUT2D eigenvalue weighted by atomic mass is 10.2. The van der Waals surface area contributed by atoms with E-state index in [1.54, 1.807) is 12.1 Å². The normalized spacial score (nSPS) is 10.4. The molecule has 0 aliphatic carbocycles. The topological polar surface area (TPSA) is 61.8 Å². The third-order valence-electron chi connectivity index (χ3n) is 3.09. The fourth-order valence-electron chi connectivity index (χ4n) is 1.87. The minimum atomic E-state index is -0.599. The summed E-state index contributed by atoms with van der Waals surface area (Å²) in [6, 6.07) is 16.7. The highest BCUT2D eigenvalue weighted by Gasteiger charge is 2.02. The van der Waals surface area contributed by atoms with E-state index in [4.69, 9.17) is 14.2 Å². The molecule has 0 amide bonds. The molecule has 130 valence electrons. The van der Waals surface area contributed by atoms with Crippen LogP contribution in [0.3, 0.4) is 0 Å². The summed E-state index contributed by atoms with van der Waals surface area (Å²) in [5.41, 5.74) is 0.815. The molecule has 0 heterocycles. The molecular formula is C20H20O5. The van der Waals surface area contributed by atoms with Gasteiger partial charge in [0, 0.05) is 12.2 Å². The van der Waals surface area contributed by atoms with Crippen molar-refractivity contribution in [2.75, 3.05) is 6.61 Å². The van der Waals surface area contributed by atoms with Gasteiger partial charge in [0.1, 0.15) is 18.1 Å².